The minimum atomic E-state index is -4.57. The summed E-state index contributed by atoms with van der Waals surface area (Å²) in [7, 11) is -8.99. The third-order valence-corrected chi connectivity index (χ3v) is 8.07. The fraction of sp³-hybridized carbons (Fsp3) is 0.0417. The summed E-state index contributed by atoms with van der Waals surface area (Å²) in [6.45, 7) is 1.95. The fourth-order valence-corrected chi connectivity index (χ4v) is 5.71. The highest BCUT2D eigenvalue weighted by Crippen LogP contribution is 2.39. The summed E-state index contributed by atoms with van der Waals surface area (Å²) in [5.41, 5.74) is 3.00. The first-order valence-corrected chi connectivity index (χ1v) is 14.3. The van der Waals surface area contributed by atoms with Gasteiger partial charge in [0, 0.05) is 27.5 Å². The van der Waals surface area contributed by atoms with Crippen LogP contribution in [0.2, 0.25) is 0 Å². The molecule has 1 heterocycles. The number of aromatic nitrogens is 1. The minimum absolute atomic E-state index is 0.227. The summed E-state index contributed by atoms with van der Waals surface area (Å²) in [4.78, 5) is -0.593. The van der Waals surface area contributed by atoms with E-state index >= 15 is 0 Å². The van der Waals surface area contributed by atoms with Gasteiger partial charge >= 0.3 is 0 Å². The molecule has 188 valence electrons. The first-order valence-electron chi connectivity index (χ1n) is 10.7. The van der Waals surface area contributed by atoms with Gasteiger partial charge < -0.3 is 5.32 Å². The van der Waals surface area contributed by atoms with E-state index < -0.39 is 20.2 Å². The molecule has 4 aromatic carbocycles. The van der Waals surface area contributed by atoms with E-state index in [1.807, 2.05) is 31.2 Å². The van der Waals surface area contributed by atoms with Crippen LogP contribution >= 0.6 is 11.5 Å². The average Bonchev–Trinajstić information content (AvgIpc) is 3.25. The second-order valence-electron chi connectivity index (χ2n) is 8.12. The highest BCUT2D eigenvalue weighted by atomic mass is 32.2. The number of aryl methyl sites for hydroxylation is 1. The lowest BCUT2D eigenvalue weighted by Gasteiger charge is -2.14. The van der Waals surface area contributed by atoms with Gasteiger partial charge in [0.15, 0.2) is 5.00 Å². The van der Waals surface area contributed by atoms with Gasteiger partial charge in [-0.05, 0) is 67.0 Å². The quantitative estimate of drug-likeness (QED) is 0.160. The summed E-state index contributed by atoms with van der Waals surface area (Å²) in [6.07, 6.45) is 0. The molecule has 0 aliphatic carbocycles. The Balaban J connectivity index is 1.64. The first-order chi connectivity index (χ1) is 17.5. The van der Waals surface area contributed by atoms with Crippen LogP contribution < -0.4 is 5.32 Å². The van der Waals surface area contributed by atoms with Crippen LogP contribution in [0.4, 0.5) is 22.1 Å². The zero-order chi connectivity index (χ0) is 26.4. The number of fused-ring (bicyclic) bond motifs is 2. The Kier molecular flexibility index (Phi) is 6.25. The number of anilines is 2. The van der Waals surface area contributed by atoms with Crippen molar-refractivity contribution in [1.29, 1.82) is 0 Å². The zero-order valence-corrected chi connectivity index (χ0v) is 21.5. The van der Waals surface area contributed by atoms with Gasteiger partial charge in [-0.1, -0.05) is 29.8 Å². The van der Waals surface area contributed by atoms with Gasteiger partial charge in [-0.25, -0.2) is 0 Å². The molecule has 13 heteroatoms. The lowest BCUT2D eigenvalue weighted by molar-refractivity contribution is 0.481. The van der Waals surface area contributed by atoms with E-state index in [2.05, 4.69) is 19.9 Å². The van der Waals surface area contributed by atoms with E-state index in [9.17, 15) is 25.9 Å². The van der Waals surface area contributed by atoms with Gasteiger partial charge in [0.25, 0.3) is 20.2 Å². The van der Waals surface area contributed by atoms with Gasteiger partial charge in [-0.3, -0.25) is 9.11 Å². The van der Waals surface area contributed by atoms with Crippen LogP contribution in [-0.2, 0) is 20.2 Å². The van der Waals surface area contributed by atoms with Crippen molar-refractivity contribution in [3.05, 3.63) is 78.4 Å². The predicted molar refractivity (Wildman–Crippen MR) is 142 cm³/mol. The molecule has 0 unspecified atom stereocenters. The maximum atomic E-state index is 12.2. The smallest absolute Gasteiger partial charge is 0.295 e. The number of hydrogen-bond donors (Lipinski definition) is 3. The number of nitrogens with one attached hydrogen (secondary N) is 1. The molecule has 0 bridgehead atoms. The lowest BCUT2D eigenvalue weighted by atomic mass is 10.1. The van der Waals surface area contributed by atoms with E-state index in [1.54, 1.807) is 18.2 Å². The van der Waals surface area contributed by atoms with Gasteiger partial charge in [-0.15, -0.1) is 10.2 Å². The molecule has 10 nitrogen and oxygen atoms in total. The van der Waals surface area contributed by atoms with E-state index in [4.69, 9.17) is 0 Å². The molecule has 0 amide bonds. The van der Waals surface area contributed by atoms with Crippen molar-refractivity contribution >= 4 is 75.5 Å². The summed E-state index contributed by atoms with van der Waals surface area (Å²) < 4.78 is 71.0. The Morgan fingerprint density at radius 2 is 1.59 bits per heavy atom. The van der Waals surface area contributed by atoms with Crippen molar-refractivity contribution in [3.63, 3.8) is 0 Å². The molecule has 37 heavy (non-hydrogen) atoms. The Bertz CT molecular complexity index is 1920. The molecule has 1 aromatic heterocycles. The third-order valence-electron chi connectivity index (χ3n) is 5.56. The average molecular weight is 555 g/mol. The van der Waals surface area contributed by atoms with Crippen molar-refractivity contribution in [3.8, 4) is 0 Å². The van der Waals surface area contributed by atoms with Gasteiger partial charge in [-0.2, -0.15) is 21.2 Å². The highest BCUT2D eigenvalue weighted by Gasteiger charge is 2.19. The van der Waals surface area contributed by atoms with Crippen LogP contribution in [0.25, 0.3) is 21.7 Å². The van der Waals surface area contributed by atoms with E-state index in [0.717, 1.165) is 22.8 Å². The molecule has 0 radical (unpaired) electrons. The molecule has 0 atom stereocenters. The van der Waals surface area contributed by atoms with Crippen molar-refractivity contribution in [2.24, 2.45) is 10.2 Å². The SMILES string of the molecule is Cc1ccc(Nc2ccc(N=Nc3snc4ccc(S(=O)(=O)O)cc34)c3cccc(S(=O)(=O)O)c23)cc1. The standard InChI is InChI=1S/C24H18N4O6S3/c1-14-5-7-15(8-6-14)25-21-12-11-19(17-3-2-4-22(23(17)21)37(32,33)34)26-27-24-18-13-16(36(29,30)31)9-10-20(18)28-35-24/h2-13,25H,1H3,(H,29,30,31)(H,32,33,34). The topological polar surface area (TPSA) is 158 Å². The van der Waals surface area contributed by atoms with Crippen molar-refractivity contribution < 1.29 is 25.9 Å². The Morgan fingerprint density at radius 3 is 2.30 bits per heavy atom. The van der Waals surface area contributed by atoms with E-state index in [1.165, 1.54) is 30.3 Å². The minimum Gasteiger partial charge on any atom is -0.355 e. The molecule has 0 saturated heterocycles. The van der Waals surface area contributed by atoms with Crippen LogP contribution in [0.5, 0.6) is 0 Å². The second kappa shape index (κ2) is 9.28. The zero-order valence-electron chi connectivity index (χ0n) is 19.0. The predicted octanol–water partition coefficient (Wildman–Crippen LogP) is 6.41. The Hall–Kier alpha value is -3.75. The molecule has 0 saturated carbocycles. The molecule has 0 spiro atoms. The molecular weight excluding hydrogens is 536 g/mol. The maximum absolute atomic E-state index is 12.2. The van der Waals surface area contributed by atoms with Crippen LogP contribution in [-0.4, -0.2) is 30.3 Å². The molecule has 0 aliphatic rings. The normalized spacial score (nSPS) is 12.5. The molecule has 3 N–H and O–H groups in total. The third kappa shape index (κ3) is 5.08. The summed E-state index contributed by atoms with van der Waals surface area (Å²) in [6, 6.07) is 19.2. The van der Waals surface area contributed by atoms with Crippen LogP contribution in [0.3, 0.4) is 0 Å². The van der Waals surface area contributed by atoms with Gasteiger partial charge in [0.1, 0.15) is 4.90 Å². The number of benzene rings is 4. The Morgan fingerprint density at radius 1 is 0.838 bits per heavy atom. The van der Waals surface area contributed by atoms with Crippen molar-refractivity contribution in [2.45, 2.75) is 16.7 Å². The van der Waals surface area contributed by atoms with E-state index in [0.29, 0.717) is 32.7 Å². The van der Waals surface area contributed by atoms with Crippen LogP contribution in [0.15, 0.2) is 92.8 Å². The Labute approximate surface area is 216 Å². The van der Waals surface area contributed by atoms with Gasteiger partial charge in [0.05, 0.1) is 16.1 Å². The highest BCUT2D eigenvalue weighted by molar-refractivity contribution is 7.86. The monoisotopic (exact) mass is 554 g/mol. The first kappa shape index (κ1) is 24.9. The van der Waals surface area contributed by atoms with Crippen LogP contribution in [0, 0.1) is 6.92 Å². The van der Waals surface area contributed by atoms with Crippen molar-refractivity contribution in [2.75, 3.05) is 5.32 Å². The second-order valence-corrected chi connectivity index (χ2v) is 11.7. The largest absolute Gasteiger partial charge is 0.355 e. The number of nitrogens with zero attached hydrogens (tertiary/aromatic N) is 3. The molecule has 0 aliphatic heterocycles. The summed E-state index contributed by atoms with van der Waals surface area (Å²) >= 11 is 0.985. The maximum Gasteiger partial charge on any atom is 0.295 e. The van der Waals surface area contributed by atoms with Crippen LogP contribution in [0.1, 0.15) is 5.56 Å². The summed E-state index contributed by atoms with van der Waals surface area (Å²) in [5.74, 6) is 0. The van der Waals surface area contributed by atoms with E-state index in [-0.39, 0.29) is 15.2 Å². The van der Waals surface area contributed by atoms with Crippen molar-refractivity contribution in [1.82, 2.24) is 4.37 Å². The number of hydrogen-bond acceptors (Lipinski definition) is 9. The molecule has 0 fully saturated rings. The number of azo groups is 1. The fourth-order valence-electron chi connectivity index (χ4n) is 3.80. The number of rotatable bonds is 6. The molecular formula is C24H18N4O6S3. The van der Waals surface area contributed by atoms with Gasteiger partial charge in [0.2, 0.25) is 0 Å². The lowest BCUT2D eigenvalue weighted by Crippen LogP contribution is -2.01. The molecule has 5 aromatic rings. The molecule has 5 rings (SSSR count). The summed E-state index contributed by atoms with van der Waals surface area (Å²) in [5, 5.41) is 13.0.